The van der Waals surface area contributed by atoms with E-state index in [0.717, 1.165) is 17.2 Å². The number of aliphatic imine (C=N–C) groups is 3. The van der Waals surface area contributed by atoms with Crippen LogP contribution in [0, 0.1) is 11.3 Å². The SMILES string of the molecule is CC1=CC2=NC(C)=NC3=C(C#N)C=NC(=C1)N23. The summed E-state index contributed by atoms with van der Waals surface area (Å²) in [6.07, 6.45) is 5.45. The zero-order chi connectivity index (χ0) is 12.0. The van der Waals surface area contributed by atoms with Gasteiger partial charge >= 0.3 is 0 Å². The number of nitriles is 1. The van der Waals surface area contributed by atoms with Crippen molar-refractivity contribution in [2.75, 3.05) is 0 Å². The Kier molecular flexibility index (Phi) is 1.86. The van der Waals surface area contributed by atoms with Crippen LogP contribution in [0.4, 0.5) is 0 Å². The van der Waals surface area contributed by atoms with Gasteiger partial charge < -0.3 is 0 Å². The number of amidine groups is 2. The molecule has 0 aromatic rings. The molecule has 0 radical (unpaired) electrons. The first-order valence-corrected chi connectivity index (χ1v) is 5.21. The van der Waals surface area contributed by atoms with Gasteiger partial charge in [-0.05, 0) is 31.6 Å². The third-order valence-corrected chi connectivity index (χ3v) is 2.61. The Morgan fingerprint density at radius 2 is 2.06 bits per heavy atom. The molecule has 0 saturated carbocycles. The molecule has 0 atom stereocenters. The predicted octanol–water partition coefficient (Wildman–Crippen LogP) is 1.74. The molecule has 0 fully saturated rings. The van der Waals surface area contributed by atoms with E-state index in [1.165, 1.54) is 0 Å². The highest BCUT2D eigenvalue weighted by Crippen LogP contribution is 2.30. The van der Waals surface area contributed by atoms with Gasteiger partial charge in [0.05, 0.1) is 6.21 Å². The standard InChI is InChI=1S/C12H9N5/c1-7-3-10-14-6-9(5-13)12-16-8(2)15-11(4-7)17(10)12/h3-4,6H,1-2H3. The Morgan fingerprint density at radius 3 is 2.82 bits per heavy atom. The van der Waals surface area contributed by atoms with Crippen molar-refractivity contribution in [2.24, 2.45) is 15.0 Å². The van der Waals surface area contributed by atoms with E-state index >= 15 is 0 Å². The van der Waals surface area contributed by atoms with Gasteiger partial charge in [0.2, 0.25) is 0 Å². The number of allylic oxidation sites excluding steroid dienone is 3. The van der Waals surface area contributed by atoms with E-state index in [0.29, 0.717) is 17.2 Å². The highest BCUT2D eigenvalue weighted by Gasteiger charge is 2.30. The molecule has 3 heterocycles. The minimum atomic E-state index is 0.460. The van der Waals surface area contributed by atoms with Gasteiger partial charge in [0.15, 0.2) is 5.82 Å². The summed E-state index contributed by atoms with van der Waals surface area (Å²) < 4.78 is 0. The summed E-state index contributed by atoms with van der Waals surface area (Å²) in [4.78, 5) is 14.7. The summed E-state index contributed by atoms with van der Waals surface area (Å²) in [5, 5.41) is 9.06. The zero-order valence-corrected chi connectivity index (χ0v) is 9.47. The summed E-state index contributed by atoms with van der Waals surface area (Å²) in [5.41, 5.74) is 1.54. The fourth-order valence-electron chi connectivity index (χ4n) is 1.93. The highest BCUT2D eigenvalue weighted by atomic mass is 15.4. The minimum Gasteiger partial charge on any atom is -0.261 e. The third kappa shape index (κ3) is 1.35. The van der Waals surface area contributed by atoms with Crippen LogP contribution in [0.15, 0.2) is 49.9 Å². The first-order chi connectivity index (χ1) is 8.19. The molecule has 0 bridgehead atoms. The van der Waals surface area contributed by atoms with Crippen LogP contribution in [0.3, 0.4) is 0 Å². The Bertz CT molecular complexity index is 634. The van der Waals surface area contributed by atoms with E-state index in [-0.39, 0.29) is 0 Å². The summed E-state index contributed by atoms with van der Waals surface area (Å²) >= 11 is 0. The van der Waals surface area contributed by atoms with Crippen LogP contribution in [0.25, 0.3) is 0 Å². The van der Waals surface area contributed by atoms with Crippen LogP contribution in [-0.2, 0) is 0 Å². The van der Waals surface area contributed by atoms with Crippen LogP contribution in [-0.4, -0.2) is 22.8 Å². The number of hydrogen-bond acceptors (Lipinski definition) is 5. The number of rotatable bonds is 0. The minimum absolute atomic E-state index is 0.460. The Hall–Kier alpha value is -2.48. The van der Waals surface area contributed by atoms with Crippen LogP contribution in [0.2, 0.25) is 0 Å². The van der Waals surface area contributed by atoms with Gasteiger partial charge in [-0.1, -0.05) is 0 Å². The van der Waals surface area contributed by atoms with Gasteiger partial charge in [0.25, 0.3) is 0 Å². The fourth-order valence-corrected chi connectivity index (χ4v) is 1.93. The van der Waals surface area contributed by atoms with E-state index in [4.69, 9.17) is 5.26 Å². The second kappa shape index (κ2) is 3.25. The number of hydrogen-bond donors (Lipinski definition) is 0. The molecule has 3 aliphatic heterocycles. The molecular weight excluding hydrogens is 214 g/mol. The fraction of sp³-hybridized carbons (Fsp3) is 0.167. The lowest BCUT2D eigenvalue weighted by Gasteiger charge is -2.32. The predicted molar refractivity (Wildman–Crippen MR) is 65.4 cm³/mol. The quantitative estimate of drug-likeness (QED) is 0.627. The molecule has 82 valence electrons. The van der Waals surface area contributed by atoms with Gasteiger partial charge in [0.1, 0.15) is 29.1 Å². The van der Waals surface area contributed by atoms with Crippen molar-refractivity contribution in [1.29, 1.82) is 5.26 Å². The van der Waals surface area contributed by atoms with E-state index in [2.05, 4.69) is 21.0 Å². The zero-order valence-electron chi connectivity index (χ0n) is 9.47. The first kappa shape index (κ1) is 9.73. The van der Waals surface area contributed by atoms with Crippen LogP contribution in [0.1, 0.15) is 13.8 Å². The summed E-state index contributed by atoms with van der Waals surface area (Å²) in [6, 6.07) is 2.10. The van der Waals surface area contributed by atoms with E-state index in [9.17, 15) is 0 Å². The second-order valence-corrected chi connectivity index (χ2v) is 3.96. The lowest BCUT2D eigenvalue weighted by atomic mass is 10.1. The van der Waals surface area contributed by atoms with Gasteiger partial charge in [-0.2, -0.15) is 5.26 Å². The maximum absolute atomic E-state index is 9.06. The second-order valence-electron chi connectivity index (χ2n) is 3.96. The lowest BCUT2D eigenvalue weighted by Crippen LogP contribution is -2.35. The maximum Gasteiger partial charge on any atom is 0.161 e. The molecule has 5 heteroatoms. The molecule has 0 aromatic carbocycles. The third-order valence-electron chi connectivity index (χ3n) is 2.61. The summed E-state index contributed by atoms with van der Waals surface area (Å²) in [7, 11) is 0. The Balaban J connectivity index is 2.28. The number of nitrogens with zero attached hydrogens (tertiary/aromatic N) is 5. The smallest absolute Gasteiger partial charge is 0.161 e. The van der Waals surface area contributed by atoms with Crippen LogP contribution < -0.4 is 0 Å². The largest absolute Gasteiger partial charge is 0.261 e. The van der Waals surface area contributed by atoms with Crippen molar-refractivity contribution < 1.29 is 0 Å². The van der Waals surface area contributed by atoms with Crippen LogP contribution in [0.5, 0.6) is 0 Å². The van der Waals surface area contributed by atoms with Crippen molar-refractivity contribution in [2.45, 2.75) is 13.8 Å². The van der Waals surface area contributed by atoms with Crippen molar-refractivity contribution in [1.82, 2.24) is 4.90 Å². The van der Waals surface area contributed by atoms with Crippen molar-refractivity contribution in [3.05, 3.63) is 34.9 Å². The van der Waals surface area contributed by atoms with Gasteiger partial charge in [0, 0.05) is 0 Å². The normalized spacial score (nSPS) is 21.1. The molecule has 0 aliphatic carbocycles. The van der Waals surface area contributed by atoms with Gasteiger partial charge in [-0.3, -0.25) is 4.90 Å². The van der Waals surface area contributed by atoms with Crippen LogP contribution >= 0.6 is 0 Å². The molecule has 0 unspecified atom stereocenters. The molecule has 0 N–H and O–H groups in total. The topological polar surface area (TPSA) is 64.1 Å². The molecule has 0 aromatic heterocycles. The molecule has 0 spiro atoms. The molecule has 3 aliphatic rings. The molecule has 5 nitrogen and oxygen atoms in total. The van der Waals surface area contributed by atoms with Crippen molar-refractivity contribution >= 4 is 17.9 Å². The van der Waals surface area contributed by atoms with Crippen molar-refractivity contribution in [3.8, 4) is 6.07 Å². The van der Waals surface area contributed by atoms with Gasteiger partial charge in [-0.25, -0.2) is 15.0 Å². The Morgan fingerprint density at radius 1 is 1.24 bits per heavy atom. The molecule has 17 heavy (non-hydrogen) atoms. The molecule has 0 amide bonds. The van der Waals surface area contributed by atoms with E-state index < -0.39 is 0 Å². The molecular formula is C12H9N5. The highest BCUT2D eigenvalue weighted by molar-refractivity contribution is 6.08. The van der Waals surface area contributed by atoms with E-state index in [1.54, 1.807) is 11.1 Å². The summed E-state index contributed by atoms with van der Waals surface area (Å²) in [5.74, 6) is 2.79. The lowest BCUT2D eigenvalue weighted by molar-refractivity contribution is 0.595. The molecule has 0 saturated heterocycles. The first-order valence-electron chi connectivity index (χ1n) is 5.21. The van der Waals surface area contributed by atoms with E-state index in [1.807, 2.05) is 26.0 Å². The Labute approximate surface area is 98.5 Å². The average Bonchev–Trinajstić information content (AvgIpc) is 2.28. The molecule has 3 rings (SSSR count). The maximum atomic E-state index is 9.06. The monoisotopic (exact) mass is 223 g/mol. The van der Waals surface area contributed by atoms with Gasteiger partial charge in [-0.15, -0.1) is 0 Å². The average molecular weight is 223 g/mol. The van der Waals surface area contributed by atoms with Crippen molar-refractivity contribution in [3.63, 3.8) is 0 Å². The summed E-state index contributed by atoms with van der Waals surface area (Å²) in [6.45, 7) is 3.81.